The van der Waals surface area contributed by atoms with Crippen molar-refractivity contribution >= 4 is 45.9 Å². The molecule has 0 amide bonds. The predicted molar refractivity (Wildman–Crippen MR) is 159 cm³/mol. The average molecular weight is 488 g/mol. The number of benzene rings is 5. The van der Waals surface area contributed by atoms with Gasteiger partial charge in [0.05, 0.1) is 22.6 Å². The van der Waals surface area contributed by atoms with Gasteiger partial charge in [-0.3, -0.25) is 0 Å². The van der Waals surface area contributed by atoms with Crippen LogP contribution in [0.4, 0.5) is 11.4 Å². The normalized spacial score (nSPS) is 12.2. The summed E-state index contributed by atoms with van der Waals surface area (Å²) in [5.41, 5.74) is 18.0. The van der Waals surface area contributed by atoms with Gasteiger partial charge in [0, 0.05) is 10.8 Å². The number of hydrogen-bond acceptors (Lipinski definition) is 4. The smallest absolute Gasteiger partial charge is 0.309 e. The zero-order valence-corrected chi connectivity index (χ0v) is 21.9. The Kier molecular flexibility index (Phi) is 6.22. The first-order valence-corrected chi connectivity index (χ1v) is 12.6. The van der Waals surface area contributed by atoms with E-state index < -0.39 is 11.2 Å². The highest BCUT2D eigenvalue weighted by molar-refractivity contribution is 6.47. The summed E-state index contributed by atoms with van der Waals surface area (Å²) < 4.78 is 6.09. The second kappa shape index (κ2) is 9.26. The van der Waals surface area contributed by atoms with Crippen molar-refractivity contribution in [2.75, 3.05) is 11.5 Å². The van der Waals surface area contributed by atoms with Crippen LogP contribution in [-0.2, 0) is 4.65 Å². The maximum atomic E-state index is 10.4. The molecule has 0 unspecified atom stereocenters. The molecule has 0 aromatic heterocycles. The molecule has 0 radical (unpaired) electrons. The van der Waals surface area contributed by atoms with E-state index in [1.54, 1.807) is 13.8 Å². The van der Waals surface area contributed by atoms with E-state index in [1.807, 2.05) is 38.1 Å². The topological polar surface area (TPSA) is 81.5 Å². The summed E-state index contributed by atoms with van der Waals surface area (Å²) in [7, 11) is 0.423. The average Bonchev–Trinajstić information content (AvgIpc) is 2.90. The van der Waals surface area contributed by atoms with Gasteiger partial charge in [-0.25, -0.2) is 0 Å². The third kappa shape index (κ3) is 4.68. The standard InChI is InChI=1S/C32H33BN2O2/c1-31(2,36)32(3,4)37-33-24-12-8-11-22(18-24)20-9-7-10-21(17-20)23-15-16-27-28(19-23)25-13-5-6-14-26(25)29(34)30(27)35/h5-19,33,36H,34-35H2,1-4H3. The van der Waals surface area contributed by atoms with Crippen molar-refractivity contribution in [3.05, 3.63) is 91.0 Å². The van der Waals surface area contributed by atoms with Gasteiger partial charge in [0.25, 0.3) is 0 Å². The summed E-state index contributed by atoms with van der Waals surface area (Å²) in [5.74, 6) is 0. The first-order valence-electron chi connectivity index (χ1n) is 12.6. The molecule has 0 aliphatic rings. The molecule has 0 aliphatic heterocycles. The molecule has 0 fully saturated rings. The lowest BCUT2D eigenvalue weighted by Gasteiger charge is -2.37. The van der Waals surface area contributed by atoms with Crippen LogP contribution in [0.25, 0.3) is 43.8 Å². The van der Waals surface area contributed by atoms with Gasteiger partial charge in [-0.05, 0) is 72.9 Å². The summed E-state index contributed by atoms with van der Waals surface area (Å²) >= 11 is 0. The second-order valence-corrected chi connectivity index (χ2v) is 10.8. The molecule has 4 nitrogen and oxygen atoms in total. The van der Waals surface area contributed by atoms with Crippen molar-refractivity contribution < 1.29 is 9.76 Å². The fourth-order valence-corrected chi connectivity index (χ4v) is 4.58. The quantitative estimate of drug-likeness (QED) is 0.118. The molecule has 0 bridgehead atoms. The van der Waals surface area contributed by atoms with Crippen molar-refractivity contribution in [3.63, 3.8) is 0 Å². The fourth-order valence-electron chi connectivity index (χ4n) is 4.58. The first-order chi connectivity index (χ1) is 17.5. The van der Waals surface area contributed by atoms with E-state index in [0.717, 1.165) is 49.3 Å². The molecule has 0 saturated carbocycles. The number of nitrogen functional groups attached to an aromatic ring is 2. The second-order valence-electron chi connectivity index (χ2n) is 10.8. The Hall–Kier alpha value is -3.80. The summed E-state index contributed by atoms with van der Waals surface area (Å²) in [6.07, 6.45) is 0. The van der Waals surface area contributed by atoms with E-state index in [9.17, 15) is 5.11 Å². The van der Waals surface area contributed by atoms with Crippen LogP contribution in [0.1, 0.15) is 27.7 Å². The highest BCUT2D eigenvalue weighted by atomic mass is 16.5. The van der Waals surface area contributed by atoms with E-state index in [0.29, 0.717) is 18.9 Å². The largest absolute Gasteiger partial charge is 0.427 e. The minimum atomic E-state index is -0.944. The van der Waals surface area contributed by atoms with Gasteiger partial charge in [-0.1, -0.05) is 84.3 Å². The molecular formula is C32H33BN2O2. The minimum Gasteiger partial charge on any atom is -0.427 e. The summed E-state index contributed by atoms with van der Waals surface area (Å²) in [5, 5.41) is 14.6. The molecule has 186 valence electrons. The van der Waals surface area contributed by atoms with Gasteiger partial charge in [0.2, 0.25) is 0 Å². The van der Waals surface area contributed by atoms with E-state index in [2.05, 4.69) is 66.7 Å². The lowest BCUT2D eigenvalue weighted by Crippen LogP contribution is -2.49. The van der Waals surface area contributed by atoms with Gasteiger partial charge in [-0.2, -0.15) is 0 Å². The predicted octanol–water partition coefficient (Wildman–Crippen LogP) is 6.03. The van der Waals surface area contributed by atoms with Crippen LogP contribution in [0.2, 0.25) is 0 Å². The van der Waals surface area contributed by atoms with Gasteiger partial charge in [-0.15, -0.1) is 0 Å². The van der Waals surface area contributed by atoms with Crippen LogP contribution in [0.15, 0.2) is 91.0 Å². The molecule has 0 saturated heterocycles. The molecule has 37 heavy (non-hydrogen) atoms. The monoisotopic (exact) mass is 488 g/mol. The maximum Gasteiger partial charge on any atom is 0.309 e. The summed E-state index contributed by atoms with van der Waals surface area (Å²) in [4.78, 5) is 0. The van der Waals surface area contributed by atoms with Crippen molar-refractivity contribution in [1.82, 2.24) is 0 Å². The third-order valence-electron chi connectivity index (χ3n) is 7.64. The number of nitrogens with two attached hydrogens (primary N) is 2. The molecule has 5 heteroatoms. The molecule has 0 heterocycles. The molecule has 0 aliphatic carbocycles. The first kappa shape index (κ1) is 24.9. The lowest BCUT2D eigenvalue weighted by molar-refractivity contribution is -0.0893. The number of hydrogen-bond donors (Lipinski definition) is 3. The number of fused-ring (bicyclic) bond motifs is 3. The molecule has 5 rings (SSSR count). The Morgan fingerprint density at radius 2 is 1.14 bits per heavy atom. The Morgan fingerprint density at radius 1 is 0.595 bits per heavy atom. The van der Waals surface area contributed by atoms with E-state index in [4.69, 9.17) is 16.1 Å². The van der Waals surface area contributed by atoms with Crippen molar-refractivity contribution in [2.24, 2.45) is 0 Å². The van der Waals surface area contributed by atoms with Gasteiger partial charge in [0.15, 0.2) is 0 Å². The van der Waals surface area contributed by atoms with Crippen LogP contribution in [-0.4, -0.2) is 23.8 Å². The maximum absolute atomic E-state index is 10.4. The molecule has 5 aromatic rings. The van der Waals surface area contributed by atoms with Gasteiger partial charge >= 0.3 is 7.48 Å². The molecule has 0 spiro atoms. The number of rotatable bonds is 6. The van der Waals surface area contributed by atoms with E-state index >= 15 is 0 Å². The minimum absolute atomic E-state index is 0.423. The highest BCUT2D eigenvalue weighted by Crippen LogP contribution is 2.38. The molecule has 0 atom stereocenters. The Bertz CT molecular complexity index is 1620. The molecule has 5 aromatic carbocycles. The van der Waals surface area contributed by atoms with Crippen LogP contribution in [0, 0.1) is 0 Å². The zero-order chi connectivity index (χ0) is 26.4. The van der Waals surface area contributed by atoms with Gasteiger partial charge < -0.3 is 21.2 Å². The highest BCUT2D eigenvalue weighted by Gasteiger charge is 2.35. The molecular weight excluding hydrogens is 455 g/mol. The van der Waals surface area contributed by atoms with E-state index in [1.165, 1.54) is 0 Å². The SMILES string of the molecule is CC(C)(O)C(C)(C)OBc1cccc(-c2cccc(-c3ccc4c(N)c(N)c5ccccc5c4c3)c2)c1. The van der Waals surface area contributed by atoms with E-state index in [-0.39, 0.29) is 0 Å². The number of aliphatic hydroxyl groups is 1. The summed E-state index contributed by atoms with van der Waals surface area (Å²) in [6, 6.07) is 31.4. The number of anilines is 2. The Labute approximate surface area is 219 Å². The Balaban J connectivity index is 1.50. The van der Waals surface area contributed by atoms with Gasteiger partial charge in [0.1, 0.15) is 0 Å². The lowest BCUT2D eigenvalue weighted by atomic mass is 9.81. The zero-order valence-electron chi connectivity index (χ0n) is 21.9. The third-order valence-corrected chi connectivity index (χ3v) is 7.64. The van der Waals surface area contributed by atoms with Crippen molar-refractivity contribution in [2.45, 2.75) is 38.9 Å². The van der Waals surface area contributed by atoms with Crippen LogP contribution >= 0.6 is 0 Å². The Morgan fingerprint density at radius 3 is 1.78 bits per heavy atom. The van der Waals surface area contributed by atoms with Crippen LogP contribution in [0.3, 0.4) is 0 Å². The van der Waals surface area contributed by atoms with Crippen molar-refractivity contribution in [1.29, 1.82) is 0 Å². The summed E-state index contributed by atoms with van der Waals surface area (Å²) in [6.45, 7) is 7.37. The van der Waals surface area contributed by atoms with Crippen molar-refractivity contribution in [3.8, 4) is 22.3 Å². The van der Waals surface area contributed by atoms with Crippen LogP contribution < -0.4 is 16.9 Å². The molecule has 5 N–H and O–H groups in total. The fraction of sp³-hybridized carbons (Fsp3) is 0.188. The van der Waals surface area contributed by atoms with Crippen LogP contribution in [0.5, 0.6) is 0 Å².